The zero-order valence-electron chi connectivity index (χ0n) is 12.2. The molecule has 2 N–H and O–H groups in total. The smallest absolute Gasteiger partial charge is 0.227 e. The Morgan fingerprint density at radius 1 is 1.35 bits per heavy atom. The molecule has 20 heavy (non-hydrogen) atoms. The standard InChI is InChI=1S/C16H23NO3/c1-3-16(19,4-2)11-20-14-8-6-5-7-13(14)17-15(18)12-9-10-12/h5-8,12,19H,3-4,9-11H2,1-2H3,(H,17,18). The van der Waals surface area contributed by atoms with Gasteiger partial charge in [0.05, 0.1) is 11.3 Å². The van der Waals surface area contributed by atoms with Gasteiger partial charge >= 0.3 is 0 Å². The summed E-state index contributed by atoms with van der Waals surface area (Å²) >= 11 is 0. The fourth-order valence-corrected chi connectivity index (χ4v) is 1.94. The van der Waals surface area contributed by atoms with E-state index >= 15 is 0 Å². The molecule has 1 aliphatic rings. The van der Waals surface area contributed by atoms with E-state index in [4.69, 9.17) is 4.74 Å². The van der Waals surface area contributed by atoms with Crippen LogP contribution in [0.15, 0.2) is 24.3 Å². The molecule has 0 bridgehead atoms. The summed E-state index contributed by atoms with van der Waals surface area (Å²) < 4.78 is 5.72. The van der Waals surface area contributed by atoms with Gasteiger partial charge in [-0.05, 0) is 37.8 Å². The predicted molar refractivity (Wildman–Crippen MR) is 78.8 cm³/mol. The molecule has 0 aliphatic heterocycles. The molecule has 2 rings (SSSR count). The lowest BCUT2D eigenvalue weighted by Gasteiger charge is -2.25. The van der Waals surface area contributed by atoms with E-state index < -0.39 is 5.60 Å². The van der Waals surface area contributed by atoms with Crippen LogP contribution in [0.1, 0.15) is 39.5 Å². The SMILES string of the molecule is CCC(O)(CC)COc1ccccc1NC(=O)C1CC1. The van der Waals surface area contributed by atoms with Crippen LogP contribution in [-0.4, -0.2) is 23.2 Å². The van der Waals surface area contributed by atoms with E-state index in [2.05, 4.69) is 5.32 Å². The number of carbonyl (C=O) groups is 1. The molecule has 1 aromatic rings. The largest absolute Gasteiger partial charge is 0.488 e. The first-order valence-electron chi connectivity index (χ1n) is 7.33. The Labute approximate surface area is 120 Å². The average Bonchev–Trinajstić information content (AvgIpc) is 3.30. The maximum Gasteiger partial charge on any atom is 0.227 e. The molecule has 0 heterocycles. The molecule has 1 fully saturated rings. The van der Waals surface area contributed by atoms with Gasteiger partial charge in [0.1, 0.15) is 12.4 Å². The first kappa shape index (κ1) is 14.9. The van der Waals surface area contributed by atoms with Crippen LogP contribution in [0, 0.1) is 5.92 Å². The van der Waals surface area contributed by atoms with Crippen LogP contribution >= 0.6 is 0 Å². The number of ether oxygens (including phenoxy) is 1. The Bertz CT molecular complexity index is 465. The summed E-state index contributed by atoms with van der Waals surface area (Å²) in [5, 5.41) is 13.1. The molecule has 0 aromatic heterocycles. The lowest BCUT2D eigenvalue weighted by atomic mass is 9.99. The van der Waals surface area contributed by atoms with Gasteiger partial charge in [-0.3, -0.25) is 4.79 Å². The predicted octanol–water partition coefficient (Wildman–Crippen LogP) is 2.97. The van der Waals surface area contributed by atoms with E-state index in [0.717, 1.165) is 12.8 Å². The molecular weight excluding hydrogens is 254 g/mol. The normalized spacial score (nSPS) is 14.9. The van der Waals surface area contributed by atoms with Gasteiger partial charge in [-0.1, -0.05) is 26.0 Å². The number of aliphatic hydroxyl groups is 1. The lowest BCUT2D eigenvalue weighted by Crippen LogP contribution is -2.34. The van der Waals surface area contributed by atoms with Gasteiger partial charge in [0.25, 0.3) is 0 Å². The molecule has 0 unspecified atom stereocenters. The summed E-state index contributed by atoms with van der Waals surface area (Å²) in [4.78, 5) is 11.8. The van der Waals surface area contributed by atoms with Gasteiger partial charge in [0.2, 0.25) is 5.91 Å². The van der Waals surface area contributed by atoms with Crippen molar-refractivity contribution in [3.05, 3.63) is 24.3 Å². The Kier molecular flexibility index (Phi) is 4.65. The topological polar surface area (TPSA) is 58.6 Å². The van der Waals surface area contributed by atoms with Crippen LogP contribution in [0.4, 0.5) is 5.69 Å². The number of benzene rings is 1. The second kappa shape index (κ2) is 6.27. The molecule has 1 aliphatic carbocycles. The van der Waals surface area contributed by atoms with E-state index in [1.54, 1.807) is 0 Å². The first-order valence-corrected chi connectivity index (χ1v) is 7.33. The van der Waals surface area contributed by atoms with Crippen LogP contribution < -0.4 is 10.1 Å². The van der Waals surface area contributed by atoms with Crippen molar-refractivity contribution in [2.75, 3.05) is 11.9 Å². The van der Waals surface area contributed by atoms with Crippen LogP contribution in [0.5, 0.6) is 5.75 Å². The molecule has 1 saturated carbocycles. The zero-order chi connectivity index (χ0) is 14.6. The van der Waals surface area contributed by atoms with Gasteiger partial charge in [-0.25, -0.2) is 0 Å². The van der Waals surface area contributed by atoms with E-state index in [9.17, 15) is 9.90 Å². The van der Waals surface area contributed by atoms with Crippen molar-refractivity contribution >= 4 is 11.6 Å². The van der Waals surface area contributed by atoms with Crippen LogP contribution in [-0.2, 0) is 4.79 Å². The number of hydrogen-bond acceptors (Lipinski definition) is 3. The van der Waals surface area contributed by atoms with Crippen LogP contribution in [0.2, 0.25) is 0 Å². The summed E-state index contributed by atoms with van der Waals surface area (Å²) in [6.07, 6.45) is 3.22. The third kappa shape index (κ3) is 3.73. The number of para-hydroxylation sites is 2. The van der Waals surface area contributed by atoms with E-state index in [-0.39, 0.29) is 18.4 Å². The second-order valence-corrected chi connectivity index (χ2v) is 5.48. The van der Waals surface area contributed by atoms with E-state index in [1.165, 1.54) is 0 Å². The Balaban J connectivity index is 2.01. The molecule has 110 valence electrons. The molecule has 0 spiro atoms. The minimum absolute atomic E-state index is 0.0577. The van der Waals surface area contributed by atoms with Crippen molar-refractivity contribution in [1.82, 2.24) is 0 Å². The highest BCUT2D eigenvalue weighted by molar-refractivity contribution is 5.95. The molecule has 4 heteroatoms. The number of hydrogen-bond donors (Lipinski definition) is 2. The number of rotatable bonds is 7. The molecule has 0 saturated heterocycles. The number of nitrogens with one attached hydrogen (secondary N) is 1. The van der Waals surface area contributed by atoms with Crippen molar-refractivity contribution in [3.8, 4) is 5.75 Å². The molecule has 0 atom stereocenters. The maximum absolute atomic E-state index is 11.8. The molecule has 1 aromatic carbocycles. The minimum atomic E-state index is -0.812. The fourth-order valence-electron chi connectivity index (χ4n) is 1.94. The third-order valence-electron chi connectivity index (χ3n) is 3.91. The van der Waals surface area contributed by atoms with Crippen LogP contribution in [0.25, 0.3) is 0 Å². The highest BCUT2D eigenvalue weighted by atomic mass is 16.5. The summed E-state index contributed by atoms with van der Waals surface area (Å²) in [5.74, 6) is 0.829. The molecule has 4 nitrogen and oxygen atoms in total. The Morgan fingerprint density at radius 2 is 2.00 bits per heavy atom. The van der Waals surface area contributed by atoms with Crippen molar-refractivity contribution < 1.29 is 14.6 Å². The Morgan fingerprint density at radius 3 is 2.60 bits per heavy atom. The lowest BCUT2D eigenvalue weighted by molar-refractivity contribution is -0.117. The third-order valence-corrected chi connectivity index (χ3v) is 3.91. The number of carbonyl (C=O) groups excluding carboxylic acids is 1. The van der Waals surface area contributed by atoms with Gasteiger partial charge in [0.15, 0.2) is 0 Å². The average molecular weight is 277 g/mol. The number of anilines is 1. The second-order valence-electron chi connectivity index (χ2n) is 5.48. The van der Waals surface area contributed by atoms with Gasteiger partial charge in [-0.15, -0.1) is 0 Å². The monoisotopic (exact) mass is 277 g/mol. The molecule has 0 radical (unpaired) electrons. The van der Waals surface area contributed by atoms with Crippen molar-refractivity contribution in [2.45, 2.75) is 45.1 Å². The van der Waals surface area contributed by atoms with Gasteiger partial charge in [0, 0.05) is 5.92 Å². The summed E-state index contributed by atoms with van der Waals surface area (Å²) in [6.45, 7) is 4.11. The quantitative estimate of drug-likeness (QED) is 0.805. The van der Waals surface area contributed by atoms with Crippen LogP contribution in [0.3, 0.4) is 0 Å². The summed E-state index contributed by atoms with van der Waals surface area (Å²) in [7, 11) is 0. The summed E-state index contributed by atoms with van der Waals surface area (Å²) in [6, 6.07) is 7.36. The van der Waals surface area contributed by atoms with Crippen molar-refractivity contribution in [2.24, 2.45) is 5.92 Å². The van der Waals surface area contributed by atoms with Crippen molar-refractivity contribution in [1.29, 1.82) is 0 Å². The highest BCUT2D eigenvalue weighted by Crippen LogP contribution is 2.32. The van der Waals surface area contributed by atoms with Gasteiger partial charge in [-0.2, -0.15) is 0 Å². The Hall–Kier alpha value is -1.55. The van der Waals surface area contributed by atoms with Crippen molar-refractivity contribution in [3.63, 3.8) is 0 Å². The van der Waals surface area contributed by atoms with E-state index in [1.807, 2.05) is 38.1 Å². The highest BCUT2D eigenvalue weighted by Gasteiger charge is 2.30. The maximum atomic E-state index is 11.8. The minimum Gasteiger partial charge on any atom is -0.488 e. The summed E-state index contributed by atoms with van der Waals surface area (Å²) in [5.41, 5.74) is -0.132. The zero-order valence-corrected chi connectivity index (χ0v) is 12.2. The molecule has 1 amide bonds. The molecular formula is C16H23NO3. The van der Waals surface area contributed by atoms with Gasteiger partial charge < -0.3 is 15.2 Å². The number of amides is 1. The first-order chi connectivity index (χ1) is 9.58. The fraction of sp³-hybridized carbons (Fsp3) is 0.562. The van der Waals surface area contributed by atoms with E-state index in [0.29, 0.717) is 24.3 Å².